The number of carbonyl (C=O) groups excluding carboxylic acids is 2. The molecule has 2 atom stereocenters. The third-order valence-corrected chi connectivity index (χ3v) is 7.65. The quantitative estimate of drug-likeness (QED) is 0.130. The maximum atomic E-state index is 13.7. The van der Waals surface area contributed by atoms with Crippen molar-refractivity contribution in [1.82, 2.24) is 20.5 Å². The number of rotatable bonds is 10. The summed E-state index contributed by atoms with van der Waals surface area (Å²) in [5.41, 5.74) is 1.10. The first-order valence-electron chi connectivity index (χ1n) is 15.9. The van der Waals surface area contributed by atoms with E-state index in [-0.39, 0.29) is 18.6 Å². The Morgan fingerprint density at radius 1 is 1.08 bits per heavy atom. The highest BCUT2D eigenvalue weighted by Gasteiger charge is 2.40. The highest BCUT2D eigenvalue weighted by molar-refractivity contribution is 6.00. The van der Waals surface area contributed by atoms with E-state index in [1.807, 2.05) is 26.8 Å². The molecule has 262 valence electrons. The summed E-state index contributed by atoms with van der Waals surface area (Å²) in [5, 5.41) is 8.56. The van der Waals surface area contributed by atoms with Gasteiger partial charge >= 0.3 is 6.18 Å². The topological polar surface area (TPSA) is 114 Å². The lowest BCUT2D eigenvalue weighted by Crippen LogP contribution is -2.47. The molecule has 2 unspecified atom stereocenters. The normalized spacial score (nSPS) is 18.5. The van der Waals surface area contributed by atoms with E-state index in [4.69, 9.17) is 0 Å². The molecule has 13 heteroatoms. The molecule has 0 bridgehead atoms. The Kier molecular flexibility index (Phi) is 16.5. The fourth-order valence-corrected chi connectivity index (χ4v) is 5.21. The molecule has 0 spiro atoms. The van der Waals surface area contributed by atoms with Gasteiger partial charge in [0.15, 0.2) is 0 Å². The molecule has 1 aromatic heterocycles. The number of nitrogens with one attached hydrogen (secondary N) is 3. The van der Waals surface area contributed by atoms with Gasteiger partial charge in [0.05, 0.1) is 5.92 Å². The largest absolute Gasteiger partial charge is 0.421 e. The van der Waals surface area contributed by atoms with Crippen LogP contribution in [0.4, 0.5) is 24.7 Å². The van der Waals surface area contributed by atoms with Crippen molar-refractivity contribution in [1.29, 1.82) is 0 Å². The molecule has 48 heavy (non-hydrogen) atoms. The number of benzene rings is 1. The van der Waals surface area contributed by atoms with Gasteiger partial charge in [-0.05, 0) is 83.8 Å². The monoisotopic (exact) mass is 670 g/mol. The van der Waals surface area contributed by atoms with Crippen molar-refractivity contribution in [3.8, 4) is 0 Å². The summed E-state index contributed by atoms with van der Waals surface area (Å²) >= 11 is 0. The van der Waals surface area contributed by atoms with Crippen LogP contribution in [0.25, 0.3) is 0 Å². The van der Waals surface area contributed by atoms with Gasteiger partial charge in [-0.3, -0.25) is 14.6 Å². The molecule has 4 rings (SSSR count). The Hall–Kier alpha value is -4.52. The number of pyridine rings is 1. The van der Waals surface area contributed by atoms with Crippen molar-refractivity contribution in [2.75, 3.05) is 50.1 Å². The second-order valence-electron chi connectivity index (χ2n) is 11.7. The summed E-state index contributed by atoms with van der Waals surface area (Å²) in [6, 6.07) is 12.1. The van der Waals surface area contributed by atoms with Crippen LogP contribution < -0.4 is 20.9 Å². The van der Waals surface area contributed by atoms with E-state index in [0.717, 1.165) is 37.7 Å². The Labute approximate surface area is 282 Å². The number of anilines is 2. The summed E-state index contributed by atoms with van der Waals surface area (Å²) in [6.45, 7) is 19.1. The molecular weight excluding hydrogens is 621 g/mol. The summed E-state index contributed by atoms with van der Waals surface area (Å²) in [6.07, 6.45) is -1.57. The number of amidine groups is 1. The van der Waals surface area contributed by atoms with E-state index < -0.39 is 29.5 Å². The second kappa shape index (κ2) is 20.0. The number of carbonyl (C=O) groups is 2. The van der Waals surface area contributed by atoms with Crippen molar-refractivity contribution in [3.05, 3.63) is 78.7 Å². The van der Waals surface area contributed by atoms with E-state index in [1.54, 1.807) is 24.3 Å². The predicted molar refractivity (Wildman–Crippen MR) is 189 cm³/mol. The van der Waals surface area contributed by atoms with Gasteiger partial charge < -0.3 is 25.8 Å². The number of halogens is 3. The molecule has 2 aromatic rings. The molecule has 0 radical (unpaired) electrons. The summed E-state index contributed by atoms with van der Waals surface area (Å²) < 4.78 is 41.0. The smallest absolute Gasteiger partial charge is 0.366 e. The maximum Gasteiger partial charge on any atom is 0.421 e. The molecule has 1 aromatic carbocycles. The molecule has 2 aliphatic rings. The molecule has 1 saturated carbocycles. The number of hydrogen-bond acceptors (Lipinski definition) is 8. The average Bonchev–Trinajstić information content (AvgIpc) is 3.53. The van der Waals surface area contributed by atoms with Crippen LogP contribution in [0.1, 0.15) is 49.2 Å². The first-order chi connectivity index (χ1) is 22.9. The van der Waals surface area contributed by atoms with Crippen LogP contribution in [0, 0.1) is 12.8 Å². The third kappa shape index (κ3) is 12.9. The molecule has 2 fully saturated rings. The minimum Gasteiger partial charge on any atom is -0.366 e. The van der Waals surface area contributed by atoms with Crippen LogP contribution in [0.15, 0.2) is 77.4 Å². The van der Waals surface area contributed by atoms with E-state index in [9.17, 15) is 22.8 Å². The molecule has 1 amide bonds. The van der Waals surface area contributed by atoms with Gasteiger partial charge in [0.25, 0.3) is 0 Å². The van der Waals surface area contributed by atoms with E-state index in [0.29, 0.717) is 43.0 Å². The zero-order valence-corrected chi connectivity index (χ0v) is 28.4. The van der Waals surface area contributed by atoms with Crippen LogP contribution in [0.5, 0.6) is 0 Å². The summed E-state index contributed by atoms with van der Waals surface area (Å²) in [4.78, 5) is 39.9. The Bertz CT molecular complexity index is 1370. The second-order valence-corrected chi connectivity index (χ2v) is 11.7. The standard InChI is InChI=1S/C22H28F3N5O2.C11H17N3.C2H4/c1-14(2)29-21(32)17-5-4-6-19(17)30-20(18(11-26-3)22(23,24)25)28-13-27-16-9-7-15(12-31)8-10-16;1-10-4-3-5-11(12-10)14-8-6-13(2)7-9-14;1-2/h7-12,14,17,19,27H,3-6,13H2,1-2H3,(H,28,30)(H,29,32);3-5H,6-9H2,1-2H3;1-2H2/b18-11+;;. The number of aryl methyl sites for hydroxylation is 1. The minimum absolute atomic E-state index is 0.0673. The van der Waals surface area contributed by atoms with Gasteiger partial charge in [-0.15, -0.1) is 13.2 Å². The van der Waals surface area contributed by atoms with Crippen LogP contribution >= 0.6 is 0 Å². The lowest BCUT2D eigenvalue weighted by molar-refractivity contribution is -0.125. The van der Waals surface area contributed by atoms with Gasteiger partial charge in [0.1, 0.15) is 30.2 Å². The number of aldehydes is 1. The lowest BCUT2D eigenvalue weighted by atomic mass is 10.0. The fourth-order valence-electron chi connectivity index (χ4n) is 5.21. The number of aliphatic imine (C=N–C) groups is 2. The first kappa shape index (κ1) is 39.7. The zero-order chi connectivity index (χ0) is 35.7. The number of alkyl halides is 3. The summed E-state index contributed by atoms with van der Waals surface area (Å²) in [7, 11) is 2.17. The van der Waals surface area contributed by atoms with E-state index >= 15 is 0 Å². The SMILES string of the molecule is C=C.C=N/C=C(\C(=N/CNc1ccc(C=O)cc1)NC1CCCC1C(=O)NC(C)C)C(F)(F)F.Cc1cccc(N2CCN(C)CC2)n1. The van der Waals surface area contributed by atoms with Crippen LogP contribution in [-0.4, -0.2) is 92.8 Å². The van der Waals surface area contributed by atoms with Gasteiger partial charge in [-0.25, -0.2) is 9.98 Å². The number of piperazine rings is 1. The number of hydrogen-bond donors (Lipinski definition) is 3. The molecule has 1 aliphatic heterocycles. The zero-order valence-electron chi connectivity index (χ0n) is 28.4. The van der Waals surface area contributed by atoms with Gasteiger partial charge in [-0.1, -0.05) is 12.5 Å². The van der Waals surface area contributed by atoms with Gasteiger partial charge in [-0.2, -0.15) is 13.2 Å². The third-order valence-electron chi connectivity index (χ3n) is 7.65. The lowest BCUT2D eigenvalue weighted by Gasteiger charge is -2.33. The number of aromatic nitrogens is 1. The Morgan fingerprint density at radius 2 is 1.75 bits per heavy atom. The van der Waals surface area contributed by atoms with Crippen LogP contribution in [-0.2, 0) is 4.79 Å². The van der Waals surface area contributed by atoms with Crippen LogP contribution in [0.2, 0.25) is 0 Å². The number of likely N-dealkylation sites (N-methyl/N-ethyl adjacent to an activating group) is 1. The van der Waals surface area contributed by atoms with Crippen molar-refractivity contribution in [3.63, 3.8) is 0 Å². The van der Waals surface area contributed by atoms with Crippen molar-refractivity contribution >= 4 is 36.3 Å². The Balaban J connectivity index is 0.000000412. The van der Waals surface area contributed by atoms with Crippen LogP contribution in [0.3, 0.4) is 0 Å². The molecule has 10 nitrogen and oxygen atoms in total. The molecular formula is C35H49F3N8O2. The first-order valence-corrected chi connectivity index (χ1v) is 15.9. The molecule has 1 aliphatic carbocycles. The van der Waals surface area contributed by atoms with Gasteiger partial charge in [0.2, 0.25) is 5.91 Å². The number of amides is 1. The maximum absolute atomic E-state index is 13.7. The van der Waals surface area contributed by atoms with Crippen molar-refractivity contribution < 1.29 is 22.8 Å². The predicted octanol–water partition coefficient (Wildman–Crippen LogP) is 5.64. The highest BCUT2D eigenvalue weighted by atomic mass is 19.4. The number of nitrogens with zero attached hydrogens (tertiary/aromatic N) is 5. The molecule has 1 saturated heterocycles. The van der Waals surface area contributed by atoms with E-state index in [2.05, 4.69) is 79.8 Å². The molecule has 2 heterocycles. The molecule has 3 N–H and O–H groups in total. The van der Waals surface area contributed by atoms with E-state index in [1.165, 1.54) is 0 Å². The van der Waals surface area contributed by atoms with Crippen molar-refractivity contribution in [2.24, 2.45) is 15.9 Å². The van der Waals surface area contributed by atoms with Gasteiger partial charge in [0, 0.05) is 61.4 Å². The highest BCUT2D eigenvalue weighted by Crippen LogP contribution is 2.30. The summed E-state index contributed by atoms with van der Waals surface area (Å²) in [5.74, 6) is 0.0639. The van der Waals surface area contributed by atoms with Crippen molar-refractivity contribution in [2.45, 2.75) is 58.3 Å². The Morgan fingerprint density at radius 3 is 2.31 bits per heavy atom. The minimum atomic E-state index is -4.72. The average molecular weight is 671 g/mol. The fraction of sp³-hybridized carbons (Fsp3) is 0.457.